The SMILES string of the molecule is O=C(CN1CCCCCC1=O)N1CCN(C(=O)c2ccc(Cl)cc2)CC1. The number of likely N-dealkylation sites (tertiary alicyclic amines) is 1. The van der Waals surface area contributed by atoms with Crippen LogP contribution in [0.25, 0.3) is 0 Å². The molecule has 6 nitrogen and oxygen atoms in total. The Morgan fingerprint density at radius 3 is 2.23 bits per heavy atom. The second-order valence-electron chi connectivity index (χ2n) is 6.81. The standard InChI is InChI=1S/C19H24ClN3O3/c20-16-7-5-15(6-8-16)19(26)22-12-10-21(11-13-22)18(25)14-23-9-3-1-2-4-17(23)24/h5-8H,1-4,9-14H2. The quantitative estimate of drug-likeness (QED) is 0.809. The Morgan fingerprint density at radius 1 is 0.885 bits per heavy atom. The second kappa shape index (κ2) is 8.54. The maximum atomic E-state index is 12.5. The number of amides is 3. The summed E-state index contributed by atoms with van der Waals surface area (Å²) in [6.45, 7) is 2.83. The average Bonchev–Trinajstić information content (AvgIpc) is 2.86. The van der Waals surface area contributed by atoms with Gasteiger partial charge in [0.2, 0.25) is 11.8 Å². The molecule has 2 heterocycles. The number of piperazine rings is 1. The van der Waals surface area contributed by atoms with Crippen LogP contribution >= 0.6 is 11.6 Å². The summed E-state index contributed by atoms with van der Waals surface area (Å²) in [4.78, 5) is 42.3. The fourth-order valence-electron chi connectivity index (χ4n) is 3.40. The van der Waals surface area contributed by atoms with E-state index in [1.807, 2.05) is 0 Å². The van der Waals surface area contributed by atoms with Crippen LogP contribution in [0.4, 0.5) is 0 Å². The Balaban J connectivity index is 1.51. The number of carbonyl (C=O) groups is 3. The van der Waals surface area contributed by atoms with Crippen LogP contribution in [0.1, 0.15) is 36.0 Å². The van der Waals surface area contributed by atoms with Crippen molar-refractivity contribution in [3.05, 3.63) is 34.9 Å². The van der Waals surface area contributed by atoms with E-state index >= 15 is 0 Å². The second-order valence-corrected chi connectivity index (χ2v) is 7.24. The molecule has 2 saturated heterocycles. The Morgan fingerprint density at radius 2 is 1.54 bits per heavy atom. The zero-order valence-corrected chi connectivity index (χ0v) is 15.6. The first-order chi connectivity index (χ1) is 12.5. The molecule has 0 aromatic heterocycles. The highest BCUT2D eigenvalue weighted by molar-refractivity contribution is 6.30. The van der Waals surface area contributed by atoms with Gasteiger partial charge in [-0.15, -0.1) is 0 Å². The van der Waals surface area contributed by atoms with Crippen LogP contribution in [0.5, 0.6) is 0 Å². The Bertz CT molecular complexity index is 669. The van der Waals surface area contributed by atoms with Crippen molar-refractivity contribution in [2.24, 2.45) is 0 Å². The van der Waals surface area contributed by atoms with Crippen LogP contribution in [0, 0.1) is 0 Å². The molecule has 2 fully saturated rings. The Labute approximate surface area is 158 Å². The van der Waals surface area contributed by atoms with Gasteiger partial charge in [-0.1, -0.05) is 18.0 Å². The maximum Gasteiger partial charge on any atom is 0.253 e. The van der Waals surface area contributed by atoms with Crippen LogP contribution in [0.3, 0.4) is 0 Å². The normalized spacial score (nSPS) is 18.7. The fourth-order valence-corrected chi connectivity index (χ4v) is 3.53. The van der Waals surface area contributed by atoms with E-state index in [1.54, 1.807) is 39.0 Å². The van der Waals surface area contributed by atoms with E-state index in [4.69, 9.17) is 11.6 Å². The van der Waals surface area contributed by atoms with Gasteiger partial charge in [-0.25, -0.2) is 0 Å². The van der Waals surface area contributed by atoms with Crippen molar-refractivity contribution in [3.63, 3.8) is 0 Å². The minimum absolute atomic E-state index is 0.0289. The lowest BCUT2D eigenvalue weighted by Gasteiger charge is -2.35. The molecular weight excluding hydrogens is 354 g/mol. The first-order valence-corrected chi connectivity index (χ1v) is 9.53. The summed E-state index contributed by atoms with van der Waals surface area (Å²) in [5.74, 6) is 0.00251. The predicted octanol–water partition coefficient (Wildman–Crippen LogP) is 2.03. The lowest BCUT2D eigenvalue weighted by Crippen LogP contribution is -2.53. The molecule has 0 atom stereocenters. The lowest BCUT2D eigenvalue weighted by molar-refractivity contribution is -0.141. The molecule has 0 spiro atoms. The smallest absolute Gasteiger partial charge is 0.253 e. The molecule has 3 rings (SSSR count). The first-order valence-electron chi connectivity index (χ1n) is 9.15. The number of nitrogens with zero attached hydrogens (tertiary/aromatic N) is 3. The maximum absolute atomic E-state index is 12.5. The van der Waals surface area contributed by atoms with Crippen LogP contribution in [-0.2, 0) is 9.59 Å². The van der Waals surface area contributed by atoms with E-state index in [1.165, 1.54) is 0 Å². The predicted molar refractivity (Wildman–Crippen MR) is 99.0 cm³/mol. The molecule has 0 unspecified atom stereocenters. The largest absolute Gasteiger partial charge is 0.338 e. The van der Waals surface area contributed by atoms with E-state index in [-0.39, 0.29) is 24.3 Å². The molecule has 0 bridgehead atoms. The van der Waals surface area contributed by atoms with Crippen molar-refractivity contribution in [3.8, 4) is 0 Å². The third-order valence-corrected chi connectivity index (χ3v) is 5.26. The molecule has 0 saturated carbocycles. The zero-order chi connectivity index (χ0) is 18.5. The molecule has 0 N–H and O–H groups in total. The molecule has 140 valence electrons. The van der Waals surface area contributed by atoms with Gasteiger partial charge in [0.05, 0.1) is 6.54 Å². The average molecular weight is 378 g/mol. The summed E-state index contributed by atoms with van der Waals surface area (Å²) < 4.78 is 0. The van der Waals surface area contributed by atoms with Crippen LogP contribution in [0.2, 0.25) is 5.02 Å². The molecule has 2 aliphatic rings. The van der Waals surface area contributed by atoms with E-state index in [0.717, 1.165) is 19.3 Å². The van der Waals surface area contributed by atoms with Gasteiger partial charge in [0, 0.05) is 49.7 Å². The molecule has 26 heavy (non-hydrogen) atoms. The molecular formula is C19H24ClN3O3. The van der Waals surface area contributed by atoms with Gasteiger partial charge in [-0.3, -0.25) is 14.4 Å². The fraction of sp³-hybridized carbons (Fsp3) is 0.526. The summed E-state index contributed by atoms with van der Waals surface area (Å²) in [6.07, 6.45) is 3.45. The molecule has 7 heteroatoms. The molecule has 1 aromatic rings. The van der Waals surface area contributed by atoms with Crippen LogP contribution in [-0.4, -0.2) is 71.7 Å². The van der Waals surface area contributed by atoms with Crippen LogP contribution < -0.4 is 0 Å². The van der Waals surface area contributed by atoms with Crippen LogP contribution in [0.15, 0.2) is 24.3 Å². The Hall–Kier alpha value is -2.08. The number of hydrogen-bond donors (Lipinski definition) is 0. The summed E-state index contributed by atoms with van der Waals surface area (Å²) in [5.41, 5.74) is 0.601. The lowest BCUT2D eigenvalue weighted by atomic mass is 10.2. The molecule has 0 aliphatic carbocycles. The number of rotatable bonds is 3. The van der Waals surface area contributed by atoms with Gasteiger partial charge < -0.3 is 14.7 Å². The zero-order valence-electron chi connectivity index (χ0n) is 14.8. The van der Waals surface area contributed by atoms with Crippen molar-refractivity contribution in [2.45, 2.75) is 25.7 Å². The number of carbonyl (C=O) groups excluding carboxylic acids is 3. The third-order valence-electron chi connectivity index (χ3n) is 5.01. The van der Waals surface area contributed by atoms with Crippen molar-refractivity contribution in [1.29, 1.82) is 0 Å². The minimum Gasteiger partial charge on any atom is -0.338 e. The topological polar surface area (TPSA) is 60.9 Å². The highest BCUT2D eigenvalue weighted by Gasteiger charge is 2.27. The molecule has 0 radical (unpaired) electrons. The van der Waals surface area contributed by atoms with Gasteiger partial charge in [0.1, 0.15) is 0 Å². The van der Waals surface area contributed by atoms with Gasteiger partial charge in [0.15, 0.2) is 0 Å². The van der Waals surface area contributed by atoms with Crippen molar-refractivity contribution >= 4 is 29.3 Å². The number of benzene rings is 1. The van der Waals surface area contributed by atoms with E-state index < -0.39 is 0 Å². The van der Waals surface area contributed by atoms with Crippen molar-refractivity contribution in [1.82, 2.24) is 14.7 Å². The third kappa shape index (κ3) is 4.55. The van der Waals surface area contributed by atoms with E-state index in [9.17, 15) is 14.4 Å². The van der Waals surface area contributed by atoms with Gasteiger partial charge in [0.25, 0.3) is 5.91 Å². The monoisotopic (exact) mass is 377 g/mol. The van der Waals surface area contributed by atoms with Gasteiger partial charge in [-0.05, 0) is 37.1 Å². The summed E-state index contributed by atoms with van der Waals surface area (Å²) >= 11 is 5.86. The van der Waals surface area contributed by atoms with E-state index in [0.29, 0.717) is 49.7 Å². The first kappa shape index (κ1) is 18.7. The minimum atomic E-state index is -0.0449. The Kier molecular flexibility index (Phi) is 6.14. The summed E-state index contributed by atoms with van der Waals surface area (Å²) in [7, 11) is 0. The summed E-state index contributed by atoms with van der Waals surface area (Å²) in [5, 5.41) is 0.597. The van der Waals surface area contributed by atoms with E-state index in [2.05, 4.69) is 0 Å². The van der Waals surface area contributed by atoms with Gasteiger partial charge in [-0.2, -0.15) is 0 Å². The molecule has 2 aliphatic heterocycles. The number of halogens is 1. The highest BCUT2D eigenvalue weighted by Crippen LogP contribution is 2.14. The van der Waals surface area contributed by atoms with Crippen molar-refractivity contribution < 1.29 is 14.4 Å². The molecule has 3 amide bonds. The molecule has 1 aromatic carbocycles. The van der Waals surface area contributed by atoms with Crippen molar-refractivity contribution in [2.75, 3.05) is 39.3 Å². The number of hydrogen-bond acceptors (Lipinski definition) is 3. The highest BCUT2D eigenvalue weighted by atomic mass is 35.5. The van der Waals surface area contributed by atoms with Gasteiger partial charge >= 0.3 is 0 Å². The summed E-state index contributed by atoms with van der Waals surface area (Å²) in [6, 6.07) is 6.83.